The van der Waals surface area contributed by atoms with E-state index in [9.17, 15) is 24.0 Å². The smallest absolute Gasteiger partial charge is 0.414 e. The lowest BCUT2D eigenvalue weighted by Gasteiger charge is -2.40. The number of nitrogens with zero attached hydrogens (tertiary/aromatic N) is 1. The predicted octanol–water partition coefficient (Wildman–Crippen LogP) is 5.13. The van der Waals surface area contributed by atoms with Gasteiger partial charge in [-0.25, -0.2) is 4.79 Å². The van der Waals surface area contributed by atoms with Gasteiger partial charge in [0.25, 0.3) is 5.91 Å². The maximum absolute atomic E-state index is 14.3. The van der Waals surface area contributed by atoms with Gasteiger partial charge in [-0.1, -0.05) is 83.2 Å². The average Bonchev–Trinajstić information content (AvgIpc) is 2.91. The molecule has 9 heteroatoms. The van der Waals surface area contributed by atoms with Crippen molar-refractivity contribution in [3.8, 4) is 0 Å². The van der Waals surface area contributed by atoms with E-state index in [-0.39, 0.29) is 37.5 Å². The molecule has 1 fully saturated rings. The second-order valence-corrected chi connectivity index (χ2v) is 13.0. The van der Waals surface area contributed by atoms with E-state index < -0.39 is 53.2 Å². The van der Waals surface area contributed by atoms with E-state index in [1.807, 2.05) is 51.1 Å². The highest BCUT2D eigenvalue weighted by Gasteiger charge is 2.43. The number of Topliss-reactive ketones (excluding diaryl/α,β-unsaturated/α-hetero) is 2. The van der Waals surface area contributed by atoms with Crippen LogP contribution in [0.1, 0.15) is 105 Å². The highest BCUT2D eigenvalue weighted by molar-refractivity contribution is 6.39. The van der Waals surface area contributed by atoms with E-state index in [0.29, 0.717) is 6.42 Å². The molecule has 0 heterocycles. The molecule has 0 radical (unpaired) electrons. The fourth-order valence-electron chi connectivity index (χ4n) is 5.57. The number of nitrogens with two attached hydrogens (primary N) is 1. The minimum absolute atomic E-state index is 0.0526. The first-order valence-electron chi connectivity index (χ1n) is 15.5. The normalized spacial score (nSPS) is 16.3. The summed E-state index contributed by atoms with van der Waals surface area (Å²) in [5.74, 6) is -2.57. The Hall–Kier alpha value is -3.07. The SMILES string of the molecule is CCCC(=O)C(=O)[C@H](CC1CCCCC1)N(C(=O)[C@@H](N)Cc1ccccc1)[C@@H](CC(C)C)C(=O)NC(=O)OC(C)(C)C. The number of hydrogen-bond acceptors (Lipinski definition) is 7. The second-order valence-electron chi connectivity index (χ2n) is 13.0. The van der Waals surface area contributed by atoms with Gasteiger partial charge in [0.15, 0.2) is 0 Å². The number of rotatable bonds is 14. The molecule has 234 valence electrons. The van der Waals surface area contributed by atoms with Gasteiger partial charge < -0.3 is 15.4 Å². The van der Waals surface area contributed by atoms with Gasteiger partial charge in [0.05, 0.1) is 12.1 Å². The molecular formula is C33H51N3O6. The number of imide groups is 1. The Morgan fingerprint density at radius 2 is 1.62 bits per heavy atom. The highest BCUT2D eigenvalue weighted by atomic mass is 16.6. The van der Waals surface area contributed by atoms with Gasteiger partial charge in [-0.2, -0.15) is 0 Å². The van der Waals surface area contributed by atoms with Crippen LogP contribution in [0.15, 0.2) is 30.3 Å². The second kappa shape index (κ2) is 16.5. The Kier molecular flexibility index (Phi) is 13.8. The van der Waals surface area contributed by atoms with Crippen molar-refractivity contribution in [2.45, 2.75) is 129 Å². The van der Waals surface area contributed by atoms with Crippen LogP contribution in [-0.4, -0.2) is 58.1 Å². The summed E-state index contributed by atoms with van der Waals surface area (Å²) in [6.45, 7) is 10.6. The van der Waals surface area contributed by atoms with Gasteiger partial charge in [0, 0.05) is 6.42 Å². The predicted molar refractivity (Wildman–Crippen MR) is 162 cm³/mol. The van der Waals surface area contributed by atoms with Crippen molar-refractivity contribution >= 4 is 29.5 Å². The molecule has 0 aliphatic heterocycles. The largest absolute Gasteiger partial charge is 0.444 e. The summed E-state index contributed by atoms with van der Waals surface area (Å²) in [6.07, 6.45) is 5.07. The molecule has 3 amide bonds. The number of amides is 3. The summed E-state index contributed by atoms with van der Waals surface area (Å²) in [5.41, 5.74) is 6.48. The molecule has 2 rings (SSSR count). The van der Waals surface area contributed by atoms with E-state index >= 15 is 0 Å². The summed E-state index contributed by atoms with van der Waals surface area (Å²) in [4.78, 5) is 68.9. The zero-order valence-electron chi connectivity index (χ0n) is 26.3. The summed E-state index contributed by atoms with van der Waals surface area (Å²) >= 11 is 0. The lowest BCUT2D eigenvalue weighted by molar-refractivity contribution is -0.152. The van der Waals surface area contributed by atoms with Crippen LogP contribution in [0.25, 0.3) is 0 Å². The molecule has 0 unspecified atom stereocenters. The Morgan fingerprint density at radius 3 is 2.17 bits per heavy atom. The molecule has 3 N–H and O–H groups in total. The zero-order chi connectivity index (χ0) is 31.4. The minimum Gasteiger partial charge on any atom is -0.444 e. The van der Waals surface area contributed by atoms with Crippen molar-refractivity contribution < 1.29 is 28.7 Å². The molecule has 1 saturated carbocycles. The number of carbonyl (C=O) groups excluding carboxylic acids is 5. The third-order valence-electron chi connectivity index (χ3n) is 7.50. The van der Waals surface area contributed by atoms with Crippen molar-refractivity contribution in [2.24, 2.45) is 17.6 Å². The third kappa shape index (κ3) is 11.3. The van der Waals surface area contributed by atoms with Crippen LogP contribution in [0.2, 0.25) is 0 Å². The quantitative estimate of drug-likeness (QED) is 0.289. The first-order valence-corrected chi connectivity index (χ1v) is 15.5. The first kappa shape index (κ1) is 35.1. The standard InChI is InChI=1S/C33H51N3O6/c1-7-14-28(37)29(38)26(21-24-17-12-9-13-18-24)36(31(40)25(34)20-23-15-10-8-11-16-23)27(19-22(2)3)30(39)35-32(41)42-33(4,5)6/h8,10-11,15-16,22,24-27H,7,9,12-14,17-21,34H2,1-6H3,(H,35,39,41)/t25-,26-,27-/m0/s1. The van der Waals surface area contributed by atoms with Crippen LogP contribution < -0.4 is 11.1 Å². The van der Waals surface area contributed by atoms with E-state index in [1.165, 1.54) is 4.90 Å². The van der Waals surface area contributed by atoms with Gasteiger partial charge in [-0.3, -0.25) is 24.5 Å². The number of hydrogen-bond donors (Lipinski definition) is 2. The lowest BCUT2D eigenvalue weighted by atomic mass is 9.82. The van der Waals surface area contributed by atoms with Crippen molar-refractivity contribution in [3.05, 3.63) is 35.9 Å². The fourth-order valence-corrected chi connectivity index (χ4v) is 5.57. The van der Waals surface area contributed by atoms with Crippen LogP contribution in [0, 0.1) is 11.8 Å². The monoisotopic (exact) mass is 585 g/mol. The number of ether oxygens (including phenoxy) is 1. The minimum atomic E-state index is -1.21. The van der Waals surface area contributed by atoms with E-state index in [0.717, 1.165) is 37.7 Å². The molecule has 1 aromatic rings. The number of carbonyl (C=O) groups is 5. The lowest BCUT2D eigenvalue weighted by Crippen LogP contribution is -2.62. The van der Waals surface area contributed by atoms with Crippen LogP contribution in [0.5, 0.6) is 0 Å². The van der Waals surface area contributed by atoms with Gasteiger partial charge in [0.1, 0.15) is 11.6 Å². The van der Waals surface area contributed by atoms with E-state index in [1.54, 1.807) is 20.8 Å². The molecule has 3 atom stereocenters. The summed E-state index contributed by atoms with van der Waals surface area (Å²) in [6, 6.07) is 5.83. The molecule has 9 nitrogen and oxygen atoms in total. The zero-order valence-corrected chi connectivity index (χ0v) is 26.3. The number of benzene rings is 1. The molecule has 1 aliphatic rings. The van der Waals surface area contributed by atoms with E-state index in [4.69, 9.17) is 10.5 Å². The summed E-state index contributed by atoms with van der Waals surface area (Å²) < 4.78 is 5.31. The Balaban J connectivity index is 2.59. The molecule has 0 saturated heterocycles. The first-order chi connectivity index (χ1) is 19.7. The molecule has 1 aromatic carbocycles. The van der Waals surface area contributed by atoms with Crippen molar-refractivity contribution in [3.63, 3.8) is 0 Å². The van der Waals surface area contributed by atoms with Gasteiger partial charge in [-0.05, 0) is 63.9 Å². The van der Waals surface area contributed by atoms with Crippen LogP contribution in [-0.2, 0) is 30.3 Å². The Morgan fingerprint density at radius 1 is 1.00 bits per heavy atom. The highest BCUT2D eigenvalue weighted by Crippen LogP contribution is 2.31. The molecule has 0 spiro atoms. The van der Waals surface area contributed by atoms with Crippen molar-refractivity contribution in [1.82, 2.24) is 10.2 Å². The molecule has 0 aromatic heterocycles. The number of nitrogens with one attached hydrogen (secondary N) is 1. The van der Waals surface area contributed by atoms with Crippen molar-refractivity contribution in [1.29, 1.82) is 0 Å². The Labute approximate surface area is 251 Å². The topological polar surface area (TPSA) is 136 Å². The molecule has 1 aliphatic carbocycles. The average molecular weight is 586 g/mol. The maximum Gasteiger partial charge on any atom is 0.414 e. The molecular weight excluding hydrogens is 534 g/mol. The summed E-state index contributed by atoms with van der Waals surface area (Å²) in [5, 5.41) is 2.29. The van der Waals surface area contributed by atoms with Crippen LogP contribution in [0.4, 0.5) is 4.79 Å². The number of ketones is 2. The fraction of sp³-hybridized carbons (Fsp3) is 0.667. The van der Waals surface area contributed by atoms with Gasteiger partial charge >= 0.3 is 6.09 Å². The number of alkyl carbamates (subject to hydrolysis) is 1. The van der Waals surface area contributed by atoms with E-state index in [2.05, 4.69) is 5.32 Å². The van der Waals surface area contributed by atoms with Gasteiger partial charge in [-0.15, -0.1) is 0 Å². The van der Waals surface area contributed by atoms with Crippen LogP contribution >= 0.6 is 0 Å². The molecule has 42 heavy (non-hydrogen) atoms. The van der Waals surface area contributed by atoms with Crippen LogP contribution in [0.3, 0.4) is 0 Å². The van der Waals surface area contributed by atoms with Crippen molar-refractivity contribution in [2.75, 3.05) is 0 Å². The van der Waals surface area contributed by atoms with Gasteiger partial charge in [0.2, 0.25) is 17.5 Å². The third-order valence-corrected chi connectivity index (χ3v) is 7.50. The maximum atomic E-state index is 14.3. The Bertz CT molecular complexity index is 1060. The molecule has 0 bridgehead atoms. The summed E-state index contributed by atoms with van der Waals surface area (Å²) in [7, 11) is 0.